The summed E-state index contributed by atoms with van der Waals surface area (Å²) in [5, 5.41) is 1.29. The lowest BCUT2D eigenvalue weighted by Gasteiger charge is -2.07. The third-order valence-electron chi connectivity index (χ3n) is 3.89. The highest BCUT2D eigenvalue weighted by molar-refractivity contribution is 5.94. The number of furan rings is 1. The Morgan fingerprint density at radius 3 is 2.74 bits per heavy atom. The molecule has 0 aliphatic heterocycles. The van der Waals surface area contributed by atoms with E-state index in [2.05, 4.69) is 4.98 Å². The number of rotatable bonds is 3. The summed E-state index contributed by atoms with van der Waals surface area (Å²) in [4.78, 5) is 16.1. The van der Waals surface area contributed by atoms with Gasteiger partial charge in [-0.15, -0.1) is 0 Å². The summed E-state index contributed by atoms with van der Waals surface area (Å²) in [5.41, 5.74) is 2.52. The van der Waals surface area contributed by atoms with Gasteiger partial charge in [0.05, 0.1) is 23.9 Å². The fraction of sp³-hybridized carbons (Fsp3) is 0.105. The van der Waals surface area contributed by atoms with E-state index in [0.29, 0.717) is 23.1 Å². The van der Waals surface area contributed by atoms with Crippen LogP contribution < -0.4 is 10.2 Å². The maximum Gasteiger partial charge on any atom is 0.197 e. The second-order valence-corrected chi connectivity index (χ2v) is 5.33. The van der Waals surface area contributed by atoms with E-state index in [9.17, 15) is 4.79 Å². The number of ether oxygens (including phenoxy) is 1. The third kappa shape index (κ3) is 2.28. The topological polar surface area (TPSA) is 55.2 Å². The number of nitrogens with one attached hydrogen (secondary N) is 1. The number of hydrogen-bond donors (Lipinski definition) is 1. The van der Waals surface area contributed by atoms with E-state index in [1.165, 1.54) is 0 Å². The molecule has 2 aromatic heterocycles. The van der Waals surface area contributed by atoms with E-state index < -0.39 is 0 Å². The molecule has 0 unspecified atom stereocenters. The first-order valence-electron chi connectivity index (χ1n) is 7.53. The summed E-state index contributed by atoms with van der Waals surface area (Å²) in [7, 11) is 0. The highest BCUT2D eigenvalue weighted by atomic mass is 16.5. The summed E-state index contributed by atoms with van der Waals surface area (Å²) in [6.07, 6.45) is 1.64. The van der Waals surface area contributed by atoms with Gasteiger partial charge < -0.3 is 14.1 Å². The zero-order chi connectivity index (χ0) is 15.8. The molecule has 114 valence electrons. The quantitative estimate of drug-likeness (QED) is 0.573. The Kier molecular flexibility index (Phi) is 3.15. The minimum atomic E-state index is 0.00120. The first-order chi connectivity index (χ1) is 11.3. The first kappa shape index (κ1) is 13.6. The van der Waals surface area contributed by atoms with E-state index in [1.807, 2.05) is 49.4 Å². The van der Waals surface area contributed by atoms with Crippen LogP contribution in [-0.4, -0.2) is 11.6 Å². The van der Waals surface area contributed by atoms with Crippen molar-refractivity contribution in [2.45, 2.75) is 6.92 Å². The molecule has 0 amide bonds. The molecule has 0 radical (unpaired) electrons. The Morgan fingerprint density at radius 2 is 1.96 bits per heavy atom. The minimum Gasteiger partial charge on any atom is -0.494 e. The molecule has 4 aromatic rings. The predicted molar refractivity (Wildman–Crippen MR) is 90.9 cm³/mol. The molecule has 2 heterocycles. The predicted octanol–water partition coefficient (Wildman–Crippen LogP) is 4.34. The summed E-state index contributed by atoms with van der Waals surface area (Å²) in [6, 6.07) is 14.9. The van der Waals surface area contributed by atoms with Gasteiger partial charge in [0.2, 0.25) is 0 Å². The van der Waals surface area contributed by atoms with E-state index in [4.69, 9.17) is 9.15 Å². The van der Waals surface area contributed by atoms with Gasteiger partial charge in [-0.05, 0) is 49.4 Å². The lowest BCUT2D eigenvalue weighted by atomic mass is 10.1. The lowest BCUT2D eigenvalue weighted by molar-refractivity contribution is 0.340. The number of fused-ring (bicyclic) bond motifs is 2. The summed E-state index contributed by atoms with van der Waals surface area (Å²) >= 11 is 0. The Hall–Kier alpha value is -3.01. The first-order valence-corrected chi connectivity index (χ1v) is 7.53. The molecule has 2 aromatic carbocycles. The van der Waals surface area contributed by atoms with Gasteiger partial charge in [0.15, 0.2) is 5.43 Å². The van der Waals surface area contributed by atoms with E-state index in [0.717, 1.165) is 22.4 Å². The number of benzene rings is 2. The van der Waals surface area contributed by atoms with Gasteiger partial charge in [-0.3, -0.25) is 4.79 Å². The van der Waals surface area contributed by atoms with Crippen LogP contribution in [0.4, 0.5) is 0 Å². The Morgan fingerprint density at radius 1 is 1.04 bits per heavy atom. The van der Waals surface area contributed by atoms with E-state index in [-0.39, 0.29) is 5.43 Å². The summed E-state index contributed by atoms with van der Waals surface area (Å²) < 4.78 is 10.9. The van der Waals surface area contributed by atoms with Crippen LogP contribution in [0.15, 0.2) is 64.0 Å². The van der Waals surface area contributed by atoms with Crippen LogP contribution in [0.25, 0.3) is 33.1 Å². The zero-order valence-electron chi connectivity index (χ0n) is 12.6. The van der Waals surface area contributed by atoms with Gasteiger partial charge in [0, 0.05) is 16.3 Å². The molecule has 0 aliphatic carbocycles. The SMILES string of the molecule is CCOc1ccc2[nH]c3cc(-c4ccco4)ccc3c(=O)c2c1. The fourth-order valence-electron chi connectivity index (χ4n) is 2.81. The maximum atomic E-state index is 12.7. The normalized spacial score (nSPS) is 11.2. The third-order valence-corrected chi connectivity index (χ3v) is 3.89. The molecule has 0 aliphatic rings. The van der Waals surface area contributed by atoms with Crippen molar-refractivity contribution in [2.75, 3.05) is 6.61 Å². The van der Waals surface area contributed by atoms with Gasteiger partial charge >= 0.3 is 0 Å². The van der Waals surface area contributed by atoms with Crippen molar-refractivity contribution in [1.82, 2.24) is 4.98 Å². The minimum absolute atomic E-state index is 0.00120. The van der Waals surface area contributed by atoms with Crippen molar-refractivity contribution < 1.29 is 9.15 Å². The monoisotopic (exact) mass is 305 g/mol. The van der Waals surface area contributed by atoms with Crippen molar-refractivity contribution >= 4 is 21.8 Å². The van der Waals surface area contributed by atoms with Crippen LogP contribution in [-0.2, 0) is 0 Å². The molecule has 0 spiro atoms. The van der Waals surface area contributed by atoms with E-state index >= 15 is 0 Å². The molecule has 4 nitrogen and oxygen atoms in total. The molecule has 23 heavy (non-hydrogen) atoms. The second-order valence-electron chi connectivity index (χ2n) is 5.33. The second kappa shape index (κ2) is 5.32. The molecule has 0 atom stereocenters. The smallest absolute Gasteiger partial charge is 0.197 e. The number of pyridine rings is 1. The van der Waals surface area contributed by atoms with Gasteiger partial charge in [-0.2, -0.15) is 0 Å². The van der Waals surface area contributed by atoms with Crippen LogP contribution >= 0.6 is 0 Å². The Labute approximate surface area is 132 Å². The van der Waals surface area contributed by atoms with Gasteiger partial charge in [-0.25, -0.2) is 0 Å². The molecule has 4 rings (SSSR count). The van der Waals surface area contributed by atoms with E-state index in [1.54, 1.807) is 12.3 Å². The van der Waals surface area contributed by atoms with Crippen molar-refractivity contribution in [2.24, 2.45) is 0 Å². The molecule has 1 N–H and O–H groups in total. The maximum absolute atomic E-state index is 12.7. The molecule has 0 saturated carbocycles. The summed E-state index contributed by atoms with van der Waals surface area (Å²) in [6.45, 7) is 2.49. The number of aromatic amines is 1. The summed E-state index contributed by atoms with van der Waals surface area (Å²) in [5.74, 6) is 1.48. The number of hydrogen-bond acceptors (Lipinski definition) is 3. The van der Waals surface area contributed by atoms with Crippen molar-refractivity contribution in [3.05, 3.63) is 65.0 Å². The average molecular weight is 305 g/mol. The van der Waals surface area contributed by atoms with Gasteiger partial charge in [-0.1, -0.05) is 6.07 Å². The molecule has 0 saturated heterocycles. The van der Waals surface area contributed by atoms with Crippen molar-refractivity contribution in [1.29, 1.82) is 0 Å². The number of aromatic nitrogens is 1. The lowest BCUT2D eigenvalue weighted by Crippen LogP contribution is -2.04. The largest absolute Gasteiger partial charge is 0.494 e. The van der Waals surface area contributed by atoms with Gasteiger partial charge in [0.1, 0.15) is 11.5 Å². The van der Waals surface area contributed by atoms with Gasteiger partial charge in [0.25, 0.3) is 0 Å². The highest BCUT2D eigenvalue weighted by Gasteiger charge is 2.09. The van der Waals surface area contributed by atoms with Crippen LogP contribution in [0, 0.1) is 0 Å². The average Bonchev–Trinajstić information content (AvgIpc) is 3.10. The molecule has 4 heteroatoms. The fourth-order valence-corrected chi connectivity index (χ4v) is 2.81. The van der Waals surface area contributed by atoms with Crippen LogP contribution in [0.1, 0.15) is 6.92 Å². The number of H-pyrrole nitrogens is 1. The Balaban J connectivity index is 1.96. The zero-order valence-corrected chi connectivity index (χ0v) is 12.6. The standard InChI is InChI=1S/C19H15NO3/c1-2-22-13-6-8-16-15(11-13)19(21)14-7-5-12(10-17(14)20-16)18-4-3-9-23-18/h3-11H,2H2,1H3,(H,20,21). The Bertz CT molecular complexity index is 1050. The molecular weight excluding hydrogens is 290 g/mol. The van der Waals surface area contributed by atoms with Crippen LogP contribution in [0.3, 0.4) is 0 Å². The van der Waals surface area contributed by atoms with Crippen LogP contribution in [0.5, 0.6) is 5.75 Å². The van der Waals surface area contributed by atoms with Crippen molar-refractivity contribution in [3.8, 4) is 17.1 Å². The highest BCUT2D eigenvalue weighted by Crippen LogP contribution is 2.25. The molecule has 0 bridgehead atoms. The molecule has 0 fully saturated rings. The van der Waals surface area contributed by atoms with Crippen molar-refractivity contribution in [3.63, 3.8) is 0 Å². The van der Waals surface area contributed by atoms with Crippen LogP contribution in [0.2, 0.25) is 0 Å². The molecular formula is C19H15NO3.